The molecule has 1 aromatic heterocycles. The summed E-state index contributed by atoms with van der Waals surface area (Å²) in [6.07, 6.45) is 7.95. The van der Waals surface area contributed by atoms with Crippen molar-refractivity contribution in [2.75, 3.05) is 18.4 Å². The van der Waals surface area contributed by atoms with Gasteiger partial charge in [-0.1, -0.05) is 6.42 Å². The molecule has 1 aromatic rings. The van der Waals surface area contributed by atoms with Crippen molar-refractivity contribution in [3.05, 3.63) is 16.0 Å². The second-order valence-corrected chi connectivity index (χ2v) is 7.39. The molecule has 1 fully saturated rings. The van der Waals surface area contributed by atoms with Gasteiger partial charge in [-0.2, -0.15) is 5.26 Å². The lowest BCUT2D eigenvalue weighted by atomic mass is 10.1. The number of nitrogens with zero attached hydrogens (tertiary/aromatic N) is 2. The van der Waals surface area contributed by atoms with E-state index in [0.717, 1.165) is 37.4 Å². The molecule has 0 bridgehead atoms. The standard InChI is InChI=1S/C17H23N3OS/c1-12(20-9-5-6-10-20)16(21)19-17-14(11-18)13-7-3-2-4-8-15(13)22-17/h12H,2-10H2,1H3,(H,19,21)/t12-/m1/s1. The average Bonchev–Trinajstić information content (AvgIpc) is 3.09. The van der Waals surface area contributed by atoms with Gasteiger partial charge in [0, 0.05) is 4.88 Å². The normalized spacial score (nSPS) is 20.0. The molecule has 0 unspecified atom stereocenters. The van der Waals surface area contributed by atoms with E-state index in [-0.39, 0.29) is 11.9 Å². The van der Waals surface area contributed by atoms with Crippen LogP contribution in [-0.4, -0.2) is 29.9 Å². The number of likely N-dealkylation sites (tertiary alicyclic amines) is 1. The van der Waals surface area contributed by atoms with Gasteiger partial charge in [0.1, 0.15) is 11.1 Å². The topological polar surface area (TPSA) is 56.1 Å². The van der Waals surface area contributed by atoms with Crippen LogP contribution in [0.25, 0.3) is 0 Å². The maximum Gasteiger partial charge on any atom is 0.242 e. The van der Waals surface area contributed by atoms with E-state index in [1.807, 2.05) is 6.92 Å². The van der Waals surface area contributed by atoms with Crippen molar-refractivity contribution in [2.45, 2.75) is 57.9 Å². The quantitative estimate of drug-likeness (QED) is 0.870. The Kier molecular flexibility index (Phi) is 4.80. The Morgan fingerprint density at radius 2 is 1.95 bits per heavy atom. The summed E-state index contributed by atoms with van der Waals surface area (Å²) in [6, 6.07) is 2.21. The van der Waals surface area contributed by atoms with Crippen LogP contribution in [-0.2, 0) is 17.6 Å². The molecule has 118 valence electrons. The number of aryl methyl sites for hydroxylation is 1. The van der Waals surface area contributed by atoms with Crippen molar-refractivity contribution in [1.29, 1.82) is 5.26 Å². The maximum absolute atomic E-state index is 12.5. The summed E-state index contributed by atoms with van der Waals surface area (Å²) in [4.78, 5) is 16.0. The van der Waals surface area contributed by atoms with Crippen LogP contribution in [0.2, 0.25) is 0 Å². The molecule has 0 saturated carbocycles. The average molecular weight is 317 g/mol. The zero-order valence-electron chi connectivity index (χ0n) is 13.2. The van der Waals surface area contributed by atoms with Crippen molar-refractivity contribution < 1.29 is 4.79 Å². The fourth-order valence-corrected chi connectivity index (χ4v) is 4.70. The summed E-state index contributed by atoms with van der Waals surface area (Å²) in [5, 5.41) is 13.3. The Labute approximate surface area is 136 Å². The van der Waals surface area contributed by atoms with Crippen LogP contribution in [0.15, 0.2) is 0 Å². The molecule has 1 aliphatic carbocycles. The Morgan fingerprint density at radius 1 is 1.23 bits per heavy atom. The highest BCUT2D eigenvalue weighted by Crippen LogP contribution is 2.37. The van der Waals surface area contributed by atoms with E-state index in [0.29, 0.717) is 5.56 Å². The van der Waals surface area contributed by atoms with Gasteiger partial charge in [0.05, 0.1) is 11.6 Å². The van der Waals surface area contributed by atoms with Crippen molar-refractivity contribution in [3.8, 4) is 6.07 Å². The lowest BCUT2D eigenvalue weighted by Gasteiger charge is -2.22. The molecular formula is C17H23N3OS. The first kappa shape index (κ1) is 15.5. The predicted molar refractivity (Wildman–Crippen MR) is 89.2 cm³/mol. The Bertz CT molecular complexity index is 596. The Morgan fingerprint density at radius 3 is 2.68 bits per heavy atom. The van der Waals surface area contributed by atoms with E-state index >= 15 is 0 Å². The molecule has 3 rings (SSSR count). The minimum Gasteiger partial charge on any atom is -0.315 e. The number of fused-ring (bicyclic) bond motifs is 1. The number of carbonyl (C=O) groups is 1. The van der Waals surface area contributed by atoms with E-state index in [9.17, 15) is 10.1 Å². The van der Waals surface area contributed by atoms with E-state index in [1.54, 1.807) is 11.3 Å². The summed E-state index contributed by atoms with van der Waals surface area (Å²) in [5.74, 6) is 0.0230. The molecule has 1 atom stereocenters. The van der Waals surface area contributed by atoms with Gasteiger partial charge in [0.25, 0.3) is 0 Å². The minimum atomic E-state index is -0.115. The van der Waals surface area contributed by atoms with Gasteiger partial charge in [0.2, 0.25) is 5.91 Å². The molecule has 1 amide bonds. The van der Waals surface area contributed by atoms with Gasteiger partial charge in [-0.25, -0.2) is 0 Å². The maximum atomic E-state index is 12.5. The molecule has 1 N–H and O–H groups in total. The van der Waals surface area contributed by atoms with Crippen LogP contribution in [0.1, 0.15) is 55.0 Å². The summed E-state index contributed by atoms with van der Waals surface area (Å²) >= 11 is 1.62. The van der Waals surface area contributed by atoms with Crippen molar-refractivity contribution in [2.24, 2.45) is 0 Å². The largest absolute Gasteiger partial charge is 0.315 e. The van der Waals surface area contributed by atoms with Crippen LogP contribution in [0.4, 0.5) is 5.00 Å². The molecule has 0 aromatic carbocycles. The number of hydrogen-bond acceptors (Lipinski definition) is 4. The summed E-state index contributed by atoms with van der Waals surface area (Å²) in [5.41, 5.74) is 1.90. The third-order valence-corrected chi connectivity index (χ3v) is 6.04. The highest BCUT2D eigenvalue weighted by atomic mass is 32.1. The summed E-state index contributed by atoms with van der Waals surface area (Å²) in [7, 11) is 0. The second kappa shape index (κ2) is 6.80. The van der Waals surface area contributed by atoms with E-state index in [2.05, 4.69) is 16.3 Å². The minimum absolute atomic E-state index is 0.0230. The Hall–Kier alpha value is -1.38. The zero-order chi connectivity index (χ0) is 15.5. The summed E-state index contributed by atoms with van der Waals surface area (Å²) < 4.78 is 0. The number of amides is 1. The zero-order valence-corrected chi connectivity index (χ0v) is 14.0. The molecule has 2 heterocycles. The van der Waals surface area contributed by atoms with Crippen LogP contribution in [0, 0.1) is 11.3 Å². The van der Waals surface area contributed by atoms with Gasteiger partial charge in [-0.15, -0.1) is 11.3 Å². The number of nitriles is 1. The molecule has 2 aliphatic rings. The van der Waals surface area contributed by atoms with Gasteiger partial charge < -0.3 is 5.32 Å². The first-order valence-electron chi connectivity index (χ1n) is 8.30. The van der Waals surface area contributed by atoms with Crippen LogP contribution >= 0.6 is 11.3 Å². The molecule has 1 saturated heterocycles. The third-order valence-electron chi connectivity index (χ3n) is 4.84. The fraction of sp³-hybridized carbons (Fsp3) is 0.647. The van der Waals surface area contributed by atoms with Crippen molar-refractivity contribution in [1.82, 2.24) is 4.90 Å². The molecule has 0 spiro atoms. The van der Waals surface area contributed by atoms with E-state index in [4.69, 9.17) is 0 Å². The van der Waals surface area contributed by atoms with E-state index < -0.39 is 0 Å². The molecular weight excluding hydrogens is 294 g/mol. The highest BCUT2D eigenvalue weighted by molar-refractivity contribution is 7.16. The predicted octanol–water partition coefficient (Wildman–Crippen LogP) is 3.31. The number of hydrogen-bond donors (Lipinski definition) is 1. The summed E-state index contributed by atoms with van der Waals surface area (Å²) in [6.45, 7) is 3.96. The van der Waals surface area contributed by atoms with Crippen molar-refractivity contribution >= 4 is 22.2 Å². The SMILES string of the molecule is C[C@H](C(=O)Nc1sc2c(c1C#N)CCCCC2)N1CCCC1. The first-order valence-corrected chi connectivity index (χ1v) is 9.12. The third kappa shape index (κ3) is 3.04. The number of rotatable bonds is 3. The van der Waals surface area contributed by atoms with E-state index in [1.165, 1.54) is 36.1 Å². The molecule has 22 heavy (non-hydrogen) atoms. The van der Waals surface area contributed by atoms with Gasteiger partial charge >= 0.3 is 0 Å². The lowest BCUT2D eigenvalue weighted by Crippen LogP contribution is -2.40. The fourth-order valence-electron chi connectivity index (χ4n) is 3.46. The number of anilines is 1. The van der Waals surface area contributed by atoms with Crippen LogP contribution in [0.5, 0.6) is 0 Å². The monoisotopic (exact) mass is 317 g/mol. The number of thiophene rings is 1. The van der Waals surface area contributed by atoms with Gasteiger partial charge in [-0.05, 0) is 64.1 Å². The smallest absolute Gasteiger partial charge is 0.242 e. The van der Waals surface area contributed by atoms with Gasteiger partial charge in [-0.3, -0.25) is 9.69 Å². The number of nitrogens with one attached hydrogen (secondary N) is 1. The lowest BCUT2D eigenvalue weighted by molar-refractivity contribution is -0.120. The second-order valence-electron chi connectivity index (χ2n) is 6.29. The molecule has 5 heteroatoms. The number of carbonyl (C=O) groups excluding carboxylic acids is 1. The molecule has 0 radical (unpaired) electrons. The van der Waals surface area contributed by atoms with Crippen LogP contribution < -0.4 is 5.32 Å². The Balaban J connectivity index is 1.77. The van der Waals surface area contributed by atoms with Gasteiger partial charge in [0.15, 0.2) is 0 Å². The first-order chi connectivity index (χ1) is 10.7. The van der Waals surface area contributed by atoms with Crippen molar-refractivity contribution in [3.63, 3.8) is 0 Å². The molecule has 4 nitrogen and oxygen atoms in total. The van der Waals surface area contributed by atoms with Crippen LogP contribution in [0.3, 0.4) is 0 Å². The highest BCUT2D eigenvalue weighted by Gasteiger charge is 2.26. The molecule has 1 aliphatic heterocycles.